The van der Waals surface area contributed by atoms with Crippen molar-refractivity contribution in [2.45, 2.75) is 94.1 Å². The molecule has 1 nitrogen and oxygen atoms in total. The molecule has 0 radical (unpaired) electrons. The number of halogens is 1. The molecular formula is C16H27BrO. The summed E-state index contributed by atoms with van der Waals surface area (Å²) < 4.78 is 6.54. The molecule has 3 fully saturated rings. The second-order valence-electron chi connectivity index (χ2n) is 7.38. The summed E-state index contributed by atoms with van der Waals surface area (Å²) in [4.78, 5) is 0.757. The summed E-state index contributed by atoms with van der Waals surface area (Å²) in [7, 11) is 0. The summed E-state index contributed by atoms with van der Waals surface area (Å²) in [6.07, 6.45) is 15.5. The van der Waals surface area contributed by atoms with E-state index in [1.54, 1.807) is 0 Å². The first kappa shape index (κ1) is 13.4. The van der Waals surface area contributed by atoms with Gasteiger partial charge in [-0.1, -0.05) is 42.1 Å². The van der Waals surface area contributed by atoms with E-state index in [0.717, 1.165) is 4.83 Å². The Labute approximate surface area is 120 Å². The fourth-order valence-corrected chi connectivity index (χ4v) is 5.59. The maximum atomic E-state index is 6.54. The van der Waals surface area contributed by atoms with Gasteiger partial charge in [0.2, 0.25) is 0 Å². The molecule has 1 saturated heterocycles. The van der Waals surface area contributed by atoms with Gasteiger partial charge in [-0.2, -0.15) is 0 Å². The van der Waals surface area contributed by atoms with Crippen LogP contribution in [0.4, 0.5) is 0 Å². The molecule has 18 heavy (non-hydrogen) atoms. The van der Waals surface area contributed by atoms with Gasteiger partial charge in [0.25, 0.3) is 0 Å². The zero-order valence-electron chi connectivity index (χ0n) is 11.7. The Morgan fingerprint density at radius 2 is 1.83 bits per heavy atom. The molecule has 2 aliphatic carbocycles. The van der Waals surface area contributed by atoms with Crippen LogP contribution in [-0.2, 0) is 4.74 Å². The molecule has 3 atom stereocenters. The van der Waals surface area contributed by atoms with Gasteiger partial charge in [-0.3, -0.25) is 0 Å². The molecule has 0 aromatic rings. The van der Waals surface area contributed by atoms with Crippen LogP contribution < -0.4 is 0 Å². The van der Waals surface area contributed by atoms with Crippen LogP contribution in [0.5, 0.6) is 0 Å². The lowest BCUT2D eigenvalue weighted by Gasteiger charge is -2.35. The van der Waals surface area contributed by atoms with E-state index in [9.17, 15) is 0 Å². The zero-order chi connectivity index (χ0) is 12.6. The number of alkyl halides is 1. The van der Waals surface area contributed by atoms with Crippen LogP contribution in [0.15, 0.2) is 0 Å². The van der Waals surface area contributed by atoms with E-state index >= 15 is 0 Å². The lowest BCUT2D eigenvalue weighted by molar-refractivity contribution is -0.0753. The fourth-order valence-electron chi connectivity index (χ4n) is 4.58. The van der Waals surface area contributed by atoms with Crippen molar-refractivity contribution in [3.63, 3.8) is 0 Å². The van der Waals surface area contributed by atoms with Gasteiger partial charge in [-0.05, 0) is 56.8 Å². The van der Waals surface area contributed by atoms with Gasteiger partial charge >= 0.3 is 0 Å². The normalized spacial score (nSPS) is 43.7. The van der Waals surface area contributed by atoms with E-state index in [2.05, 4.69) is 22.9 Å². The Morgan fingerprint density at radius 3 is 2.50 bits per heavy atom. The highest BCUT2D eigenvalue weighted by atomic mass is 79.9. The molecule has 0 bridgehead atoms. The van der Waals surface area contributed by atoms with Crippen molar-refractivity contribution in [2.24, 2.45) is 5.41 Å². The third-order valence-corrected chi connectivity index (χ3v) is 6.38. The average molecular weight is 315 g/mol. The van der Waals surface area contributed by atoms with Crippen molar-refractivity contribution >= 4 is 15.9 Å². The molecule has 104 valence electrons. The Balaban J connectivity index is 1.56. The van der Waals surface area contributed by atoms with E-state index < -0.39 is 0 Å². The van der Waals surface area contributed by atoms with Crippen molar-refractivity contribution in [3.05, 3.63) is 0 Å². The van der Waals surface area contributed by atoms with Crippen molar-refractivity contribution in [1.82, 2.24) is 0 Å². The zero-order valence-corrected chi connectivity index (χ0v) is 13.3. The largest absolute Gasteiger partial charge is 0.372 e. The topological polar surface area (TPSA) is 9.23 Å². The maximum absolute atomic E-state index is 6.54. The average Bonchev–Trinajstić information content (AvgIpc) is 2.85. The summed E-state index contributed by atoms with van der Waals surface area (Å²) in [5.41, 5.74) is 0.852. The van der Waals surface area contributed by atoms with Crippen LogP contribution >= 0.6 is 15.9 Å². The first-order valence-corrected chi connectivity index (χ1v) is 8.83. The molecule has 2 saturated carbocycles. The van der Waals surface area contributed by atoms with Crippen LogP contribution in [0.2, 0.25) is 0 Å². The van der Waals surface area contributed by atoms with Crippen molar-refractivity contribution in [2.75, 3.05) is 0 Å². The number of hydrogen-bond donors (Lipinski definition) is 0. The van der Waals surface area contributed by atoms with Crippen molar-refractivity contribution in [1.29, 1.82) is 0 Å². The minimum atomic E-state index is 0.311. The smallest absolute Gasteiger partial charge is 0.0687 e. The Bertz CT molecular complexity index is 297. The van der Waals surface area contributed by atoms with E-state index in [1.165, 1.54) is 70.6 Å². The maximum Gasteiger partial charge on any atom is 0.0687 e. The van der Waals surface area contributed by atoms with Gasteiger partial charge in [-0.25, -0.2) is 0 Å². The summed E-state index contributed by atoms with van der Waals surface area (Å²) in [5, 5.41) is 0. The quantitative estimate of drug-likeness (QED) is 0.635. The highest BCUT2D eigenvalue weighted by Crippen LogP contribution is 2.49. The predicted octanol–water partition coefficient (Wildman–Crippen LogP) is 5.21. The molecule has 2 heteroatoms. The summed E-state index contributed by atoms with van der Waals surface area (Å²) in [6.45, 7) is 2.48. The lowest BCUT2D eigenvalue weighted by atomic mass is 9.81. The Morgan fingerprint density at radius 1 is 1.06 bits per heavy atom. The molecule has 0 amide bonds. The molecule has 0 N–H and O–H groups in total. The van der Waals surface area contributed by atoms with Gasteiger partial charge in [0.1, 0.15) is 0 Å². The van der Waals surface area contributed by atoms with Crippen molar-refractivity contribution in [3.8, 4) is 0 Å². The minimum absolute atomic E-state index is 0.311. The van der Waals surface area contributed by atoms with Gasteiger partial charge in [0.15, 0.2) is 0 Å². The van der Waals surface area contributed by atoms with Gasteiger partial charge in [-0.15, -0.1) is 0 Å². The second kappa shape index (κ2) is 5.09. The first-order chi connectivity index (χ1) is 8.59. The van der Waals surface area contributed by atoms with Gasteiger partial charge in [0, 0.05) is 4.83 Å². The molecule has 3 aliphatic rings. The summed E-state index contributed by atoms with van der Waals surface area (Å²) >= 11 is 3.79. The fraction of sp³-hybridized carbons (Fsp3) is 1.00. The van der Waals surface area contributed by atoms with Gasteiger partial charge < -0.3 is 4.74 Å². The van der Waals surface area contributed by atoms with Crippen molar-refractivity contribution < 1.29 is 4.74 Å². The third-order valence-electron chi connectivity index (χ3n) is 5.60. The van der Waals surface area contributed by atoms with Crippen LogP contribution in [0.1, 0.15) is 77.6 Å². The second-order valence-corrected chi connectivity index (χ2v) is 8.67. The van der Waals surface area contributed by atoms with E-state index in [-0.39, 0.29) is 0 Å². The Kier molecular flexibility index (Phi) is 3.79. The monoisotopic (exact) mass is 314 g/mol. The number of rotatable bonds is 2. The Hall–Kier alpha value is 0.440. The highest BCUT2D eigenvalue weighted by Gasteiger charge is 2.44. The van der Waals surface area contributed by atoms with E-state index in [1.807, 2.05) is 0 Å². The molecule has 0 aromatic carbocycles. The summed E-state index contributed by atoms with van der Waals surface area (Å²) in [6, 6.07) is 0. The van der Waals surface area contributed by atoms with Crippen LogP contribution in [-0.4, -0.2) is 16.5 Å². The number of hydrogen-bond acceptors (Lipinski definition) is 1. The van der Waals surface area contributed by atoms with Crippen LogP contribution in [0, 0.1) is 5.41 Å². The van der Waals surface area contributed by atoms with Gasteiger partial charge in [0.05, 0.1) is 11.7 Å². The van der Waals surface area contributed by atoms with Crippen LogP contribution in [0.25, 0.3) is 0 Å². The van der Waals surface area contributed by atoms with E-state index in [4.69, 9.17) is 4.74 Å². The van der Waals surface area contributed by atoms with Crippen LogP contribution in [0.3, 0.4) is 0 Å². The third kappa shape index (κ3) is 2.80. The first-order valence-electron chi connectivity index (χ1n) is 7.91. The molecule has 0 aromatic heterocycles. The molecule has 1 spiro atoms. The SMILES string of the molecule is CC1(CC2CCC3(CCCCC3)O2)CCC(Br)C1. The summed E-state index contributed by atoms with van der Waals surface area (Å²) in [5.74, 6) is 0. The molecular weight excluding hydrogens is 288 g/mol. The van der Waals surface area contributed by atoms with E-state index in [0.29, 0.717) is 17.1 Å². The number of ether oxygens (including phenoxy) is 1. The molecule has 3 unspecified atom stereocenters. The molecule has 1 heterocycles. The lowest BCUT2D eigenvalue weighted by Crippen LogP contribution is -2.32. The standard InChI is InChI=1S/C16H27BrO/c1-15(9-5-13(17)11-15)12-14-6-10-16(18-14)7-3-2-4-8-16/h13-14H,2-12H2,1H3. The minimum Gasteiger partial charge on any atom is -0.372 e. The predicted molar refractivity (Wildman–Crippen MR) is 79.2 cm³/mol. The molecule has 1 aliphatic heterocycles. The highest BCUT2D eigenvalue weighted by molar-refractivity contribution is 9.09. The molecule has 3 rings (SSSR count).